The molecule has 26 heavy (non-hydrogen) atoms. The van der Waals surface area contributed by atoms with Gasteiger partial charge < -0.3 is 4.74 Å². The molecule has 2 aromatic carbocycles. The molecule has 1 fully saturated rings. The van der Waals surface area contributed by atoms with Crippen molar-refractivity contribution in [3.63, 3.8) is 0 Å². The van der Waals surface area contributed by atoms with Crippen molar-refractivity contribution >= 4 is 17.5 Å². The lowest BCUT2D eigenvalue weighted by Gasteiger charge is -2.19. The van der Waals surface area contributed by atoms with Crippen LogP contribution >= 0.6 is 0 Å². The summed E-state index contributed by atoms with van der Waals surface area (Å²) in [5.41, 5.74) is 1.19. The van der Waals surface area contributed by atoms with Crippen LogP contribution in [0.4, 0.5) is 18.9 Å². The van der Waals surface area contributed by atoms with E-state index in [1.165, 1.54) is 12.1 Å². The number of carbonyl (C=O) groups is 2. The fourth-order valence-electron chi connectivity index (χ4n) is 3.10. The highest BCUT2D eigenvalue weighted by molar-refractivity contribution is 6.21. The number of ether oxygens (including phenoxy) is 1. The average Bonchev–Trinajstić information content (AvgIpc) is 2.89. The van der Waals surface area contributed by atoms with Crippen LogP contribution in [0.2, 0.25) is 0 Å². The Morgan fingerprint density at radius 3 is 2.23 bits per heavy atom. The molecule has 0 aliphatic carbocycles. The van der Waals surface area contributed by atoms with E-state index >= 15 is 0 Å². The van der Waals surface area contributed by atoms with Crippen LogP contribution in [0.3, 0.4) is 0 Å². The number of alkyl halides is 3. The van der Waals surface area contributed by atoms with Crippen molar-refractivity contribution in [1.29, 1.82) is 0 Å². The van der Waals surface area contributed by atoms with E-state index in [-0.39, 0.29) is 29.8 Å². The highest BCUT2D eigenvalue weighted by Gasteiger charge is 2.42. The summed E-state index contributed by atoms with van der Waals surface area (Å²) < 4.78 is 40.5. The summed E-state index contributed by atoms with van der Waals surface area (Å²) in [5, 5.41) is 0. The van der Waals surface area contributed by atoms with Crippen LogP contribution in [0.1, 0.15) is 24.8 Å². The molecular formula is C19H16F3NO3. The molecular weight excluding hydrogens is 347 g/mol. The van der Waals surface area contributed by atoms with E-state index in [1.54, 1.807) is 0 Å². The van der Waals surface area contributed by atoms with Crippen molar-refractivity contribution in [2.24, 2.45) is 5.92 Å². The zero-order valence-corrected chi connectivity index (χ0v) is 13.9. The molecule has 4 nitrogen and oxygen atoms in total. The SMILES string of the molecule is CC(c1ccccc1)C1CC(=O)N(c2ccc(OC(F)(F)F)cc2)C1=O. The van der Waals surface area contributed by atoms with Crippen molar-refractivity contribution in [2.75, 3.05) is 4.90 Å². The van der Waals surface area contributed by atoms with Crippen LogP contribution in [0.5, 0.6) is 5.75 Å². The van der Waals surface area contributed by atoms with Gasteiger partial charge in [-0.2, -0.15) is 0 Å². The van der Waals surface area contributed by atoms with Gasteiger partial charge in [-0.15, -0.1) is 13.2 Å². The van der Waals surface area contributed by atoms with E-state index in [9.17, 15) is 22.8 Å². The number of imide groups is 1. The largest absolute Gasteiger partial charge is 0.573 e. The minimum atomic E-state index is -4.79. The highest BCUT2D eigenvalue weighted by Crippen LogP contribution is 2.36. The van der Waals surface area contributed by atoms with Gasteiger partial charge >= 0.3 is 6.36 Å². The molecule has 2 aromatic rings. The van der Waals surface area contributed by atoms with E-state index in [4.69, 9.17) is 0 Å². The predicted molar refractivity (Wildman–Crippen MR) is 88.6 cm³/mol. The third kappa shape index (κ3) is 3.71. The van der Waals surface area contributed by atoms with Crippen molar-refractivity contribution in [2.45, 2.75) is 25.6 Å². The first kappa shape index (κ1) is 18.0. The van der Waals surface area contributed by atoms with Crippen LogP contribution in [0.25, 0.3) is 0 Å². The van der Waals surface area contributed by atoms with E-state index in [0.29, 0.717) is 0 Å². The maximum atomic E-state index is 12.7. The third-order valence-electron chi connectivity index (χ3n) is 4.44. The first-order valence-electron chi connectivity index (χ1n) is 8.04. The van der Waals surface area contributed by atoms with Gasteiger partial charge in [0.1, 0.15) is 5.75 Å². The van der Waals surface area contributed by atoms with Crippen molar-refractivity contribution in [3.8, 4) is 5.75 Å². The van der Waals surface area contributed by atoms with Crippen molar-refractivity contribution in [1.82, 2.24) is 0 Å². The van der Waals surface area contributed by atoms with Crippen molar-refractivity contribution in [3.05, 3.63) is 60.2 Å². The normalized spacial score (nSPS) is 18.9. The summed E-state index contributed by atoms with van der Waals surface area (Å²) in [6.07, 6.45) is -4.73. The van der Waals surface area contributed by atoms with Crippen LogP contribution in [0.15, 0.2) is 54.6 Å². The summed E-state index contributed by atoms with van der Waals surface area (Å²) in [6.45, 7) is 1.88. The molecule has 0 aromatic heterocycles. The van der Waals surface area contributed by atoms with E-state index in [1.807, 2.05) is 37.3 Å². The van der Waals surface area contributed by atoms with Crippen LogP contribution in [-0.2, 0) is 9.59 Å². The van der Waals surface area contributed by atoms with Gasteiger partial charge in [0.05, 0.1) is 11.6 Å². The van der Waals surface area contributed by atoms with Crippen LogP contribution in [0, 0.1) is 5.92 Å². The number of anilines is 1. The number of rotatable bonds is 4. The standard InChI is InChI=1S/C19H16F3NO3/c1-12(13-5-3-2-4-6-13)16-11-17(24)23(18(16)25)14-7-9-15(10-8-14)26-19(20,21)22/h2-10,12,16H,11H2,1H3. The number of hydrogen-bond acceptors (Lipinski definition) is 3. The summed E-state index contributed by atoms with van der Waals surface area (Å²) in [5.74, 6) is -1.78. The first-order valence-corrected chi connectivity index (χ1v) is 8.04. The zero-order chi connectivity index (χ0) is 18.9. The van der Waals surface area contributed by atoms with E-state index in [0.717, 1.165) is 22.6 Å². The highest BCUT2D eigenvalue weighted by atomic mass is 19.4. The average molecular weight is 363 g/mol. The number of amides is 2. The number of nitrogens with zero attached hydrogens (tertiary/aromatic N) is 1. The number of halogens is 3. The lowest BCUT2D eigenvalue weighted by molar-refractivity contribution is -0.274. The van der Waals surface area contributed by atoms with Crippen LogP contribution in [-0.4, -0.2) is 18.2 Å². The zero-order valence-electron chi connectivity index (χ0n) is 13.9. The Balaban J connectivity index is 1.79. The molecule has 1 aliphatic heterocycles. The number of hydrogen-bond donors (Lipinski definition) is 0. The molecule has 2 unspecified atom stereocenters. The lowest BCUT2D eigenvalue weighted by Crippen LogP contribution is -2.31. The molecule has 0 spiro atoms. The maximum Gasteiger partial charge on any atom is 0.573 e. The summed E-state index contributed by atoms with van der Waals surface area (Å²) in [6, 6.07) is 14.1. The second-order valence-electron chi connectivity index (χ2n) is 6.12. The summed E-state index contributed by atoms with van der Waals surface area (Å²) in [4.78, 5) is 26.1. The molecule has 136 valence electrons. The quantitative estimate of drug-likeness (QED) is 0.762. The number of carbonyl (C=O) groups excluding carboxylic acids is 2. The minimum absolute atomic E-state index is 0.0652. The van der Waals surface area contributed by atoms with Gasteiger partial charge in [0.15, 0.2) is 0 Å². The van der Waals surface area contributed by atoms with E-state index < -0.39 is 18.0 Å². The molecule has 2 amide bonds. The van der Waals surface area contributed by atoms with Crippen molar-refractivity contribution < 1.29 is 27.5 Å². The Kier molecular flexibility index (Phi) is 4.71. The molecule has 0 bridgehead atoms. The molecule has 0 radical (unpaired) electrons. The fourth-order valence-corrected chi connectivity index (χ4v) is 3.10. The van der Waals surface area contributed by atoms with Gasteiger partial charge in [0.2, 0.25) is 11.8 Å². The Bertz CT molecular complexity index is 803. The molecule has 2 atom stereocenters. The van der Waals surface area contributed by atoms with Gasteiger partial charge in [-0.25, -0.2) is 0 Å². The lowest BCUT2D eigenvalue weighted by atomic mass is 9.86. The minimum Gasteiger partial charge on any atom is -0.406 e. The topological polar surface area (TPSA) is 46.6 Å². The monoisotopic (exact) mass is 363 g/mol. The molecule has 1 aliphatic rings. The Morgan fingerprint density at radius 1 is 1.04 bits per heavy atom. The molecule has 1 saturated heterocycles. The van der Waals surface area contributed by atoms with E-state index in [2.05, 4.69) is 4.74 Å². The van der Waals surface area contributed by atoms with Gasteiger partial charge in [-0.05, 0) is 35.7 Å². The molecule has 1 heterocycles. The van der Waals surface area contributed by atoms with Gasteiger partial charge in [-0.1, -0.05) is 37.3 Å². The Labute approximate surface area is 148 Å². The fraction of sp³-hybridized carbons (Fsp3) is 0.263. The predicted octanol–water partition coefficient (Wildman–Crippen LogP) is 4.27. The second-order valence-corrected chi connectivity index (χ2v) is 6.12. The summed E-state index contributed by atoms with van der Waals surface area (Å²) in [7, 11) is 0. The molecule has 0 N–H and O–H groups in total. The number of benzene rings is 2. The van der Waals surface area contributed by atoms with Crippen LogP contribution < -0.4 is 9.64 Å². The Hall–Kier alpha value is -2.83. The molecule has 7 heteroatoms. The second kappa shape index (κ2) is 6.82. The van der Waals surface area contributed by atoms with Gasteiger partial charge in [-0.3, -0.25) is 14.5 Å². The first-order chi connectivity index (χ1) is 12.3. The van der Waals surface area contributed by atoms with Gasteiger partial charge in [0, 0.05) is 6.42 Å². The van der Waals surface area contributed by atoms with Gasteiger partial charge in [0.25, 0.3) is 0 Å². The smallest absolute Gasteiger partial charge is 0.406 e. The Morgan fingerprint density at radius 2 is 1.65 bits per heavy atom. The molecule has 0 saturated carbocycles. The third-order valence-corrected chi connectivity index (χ3v) is 4.44. The maximum absolute atomic E-state index is 12.7. The summed E-state index contributed by atoms with van der Waals surface area (Å²) >= 11 is 0. The molecule has 3 rings (SSSR count).